The summed E-state index contributed by atoms with van der Waals surface area (Å²) in [6.45, 7) is 1.59. The van der Waals surface area contributed by atoms with E-state index in [2.05, 4.69) is 0 Å². The van der Waals surface area contributed by atoms with Crippen LogP contribution in [-0.2, 0) is 0 Å². The molecule has 1 aromatic rings. The second-order valence-corrected chi connectivity index (χ2v) is 2.51. The van der Waals surface area contributed by atoms with Crippen LogP contribution in [0, 0.1) is 17.0 Å². The summed E-state index contributed by atoms with van der Waals surface area (Å²) in [6, 6.07) is 2.80. The molecule has 0 saturated carbocycles. The molecule has 1 rings (SSSR count). The molecule has 0 atom stereocenters. The monoisotopic (exact) mass is 179 g/mol. The van der Waals surface area contributed by atoms with Crippen LogP contribution in [0.1, 0.15) is 5.56 Å². The smallest absolute Gasteiger partial charge is 0.276 e. The molecular weight excluding hydrogens is 170 g/mol. The Balaban J connectivity index is 3.37. The van der Waals surface area contributed by atoms with Gasteiger partial charge in [0.25, 0.3) is 5.69 Å². The third-order valence-corrected chi connectivity index (χ3v) is 1.64. The highest BCUT2D eigenvalue weighted by Gasteiger charge is 2.12. The molecule has 0 spiro atoms. The molecule has 0 aliphatic rings. The first-order valence-corrected chi connectivity index (χ1v) is 3.32. The average Bonchev–Trinajstić information content (AvgIpc) is 1.96. The summed E-state index contributed by atoms with van der Waals surface area (Å²) in [5, 5.41) is 10.4. The third kappa shape index (κ3) is 1.29. The van der Waals surface area contributed by atoms with Crippen LogP contribution in [0.15, 0.2) is 12.1 Å². The maximum absolute atomic E-state index is 10.4. The summed E-state index contributed by atoms with van der Waals surface area (Å²) in [4.78, 5) is 9.92. The van der Waals surface area contributed by atoms with Crippen molar-refractivity contribution in [3.8, 4) is 0 Å². The molecule has 0 radical (unpaired) electrons. The summed E-state index contributed by atoms with van der Waals surface area (Å²) < 4.78 is 0. The van der Waals surface area contributed by atoms with Gasteiger partial charge in [0.05, 0.1) is 4.92 Å². The number of benzene rings is 1. The first-order chi connectivity index (χ1) is 5.52. The molecule has 0 saturated heterocycles. The Morgan fingerprint density at radius 1 is 1.42 bits per heavy atom. The molecule has 4 N–H and O–H groups in total. The molecule has 0 amide bonds. The largest absolute Gasteiger partial charge is 0.398 e. The topological polar surface area (TPSA) is 95.2 Å². The van der Waals surface area contributed by atoms with E-state index in [9.17, 15) is 10.1 Å². The van der Waals surface area contributed by atoms with Crippen LogP contribution in [-0.4, -0.2) is 4.92 Å². The van der Waals surface area contributed by atoms with Gasteiger partial charge in [0.15, 0.2) is 0 Å². The number of nitrogen functional groups attached to an aromatic ring is 2. The van der Waals surface area contributed by atoms with Gasteiger partial charge in [-0.3, -0.25) is 10.1 Å². The number of anilines is 2. The van der Waals surface area contributed by atoms with Gasteiger partial charge in [0, 0.05) is 23.0 Å². The molecule has 5 heteroatoms. The van der Waals surface area contributed by atoms with Gasteiger partial charge in [-0.1, -0.05) is 0 Å². The minimum Gasteiger partial charge on any atom is -0.398 e. The van der Waals surface area contributed by atoms with Crippen molar-refractivity contribution < 1.29 is 4.92 Å². The quantitative estimate of drug-likeness (QED) is 0.383. The van der Waals surface area contributed by atoms with E-state index < -0.39 is 4.92 Å². The molecule has 0 aliphatic heterocycles. The lowest BCUT2D eigenvalue weighted by molar-refractivity contribution is -0.385. The summed E-state index contributed by atoms with van der Waals surface area (Å²) >= 11 is 0. The predicted octanol–water partition coefficient (Wildman–Crippen LogP) is 1.07. The Hall–Kier alpha value is -1.78. The van der Waals surface area contributed by atoms with E-state index in [0.29, 0.717) is 16.9 Å². The Kier molecular flexibility index (Phi) is 1.86. The molecule has 0 bridgehead atoms. The highest BCUT2D eigenvalue weighted by atomic mass is 16.7. The fourth-order valence-electron chi connectivity index (χ4n) is 0.933. The molecule has 0 unspecified atom stereocenters. The molecule has 0 fully saturated rings. The van der Waals surface area contributed by atoms with E-state index in [4.69, 9.17) is 11.5 Å². The number of nitro benzene ring substituents is 1. The summed E-state index contributed by atoms with van der Waals surface area (Å²) in [7, 11) is 0. The Labute approximate surface area is 69.1 Å². The molecule has 5 nitrogen and oxygen atoms in total. The van der Waals surface area contributed by atoms with E-state index in [0.717, 1.165) is 0 Å². The number of nitrogens with zero attached hydrogens (tertiary/aromatic N) is 1. The molecule has 0 heterocycles. The van der Waals surface area contributed by atoms with Crippen molar-refractivity contribution in [2.75, 3.05) is 11.5 Å². The third-order valence-electron chi connectivity index (χ3n) is 1.64. The van der Waals surface area contributed by atoms with Crippen LogP contribution in [0.2, 0.25) is 0 Å². The highest BCUT2D eigenvalue weighted by Crippen LogP contribution is 2.26. The molecule has 12 heavy (non-hydrogen) atoms. The minimum absolute atomic E-state index is 0.0347. The second-order valence-electron chi connectivity index (χ2n) is 2.51. The zero-order valence-corrected chi connectivity index (χ0v) is 6.57. The van der Waals surface area contributed by atoms with Crippen molar-refractivity contribution in [2.45, 2.75) is 6.92 Å². The molecule has 0 aromatic heterocycles. The van der Waals surface area contributed by atoms with Gasteiger partial charge >= 0.3 is 0 Å². The van der Waals surface area contributed by atoms with Crippen molar-refractivity contribution in [3.05, 3.63) is 27.8 Å². The molecule has 64 valence electrons. The fourth-order valence-corrected chi connectivity index (χ4v) is 0.933. The second kappa shape index (κ2) is 2.69. The van der Waals surface area contributed by atoms with Gasteiger partial charge < -0.3 is 11.5 Å². The Bertz CT molecular complexity index is 336. The predicted molar refractivity (Wildman–Crippen MR) is 46.7 cm³/mol. The van der Waals surface area contributed by atoms with Gasteiger partial charge in [-0.25, -0.2) is 0 Å². The van der Waals surface area contributed by atoms with Gasteiger partial charge in [0.1, 0.15) is 0 Å². The van der Waals surface area contributed by atoms with Crippen LogP contribution in [0.3, 0.4) is 0 Å². The van der Waals surface area contributed by atoms with Crippen molar-refractivity contribution >= 4 is 17.1 Å². The van der Waals surface area contributed by atoms with Crippen molar-refractivity contribution in [3.63, 3.8) is 0 Å². The first kappa shape index (κ1) is 8.32. The van der Waals surface area contributed by atoms with E-state index in [-0.39, 0.29) is 5.69 Å². The maximum atomic E-state index is 10.4. The number of hydrogen-bond donors (Lipinski definition) is 2. The lowest BCUT2D eigenvalue weighted by atomic mass is 11.5. The van der Waals surface area contributed by atoms with Crippen molar-refractivity contribution in [1.29, 1.82) is 0 Å². The van der Waals surface area contributed by atoms with Crippen LogP contribution >= 0.6 is 0 Å². The van der Waals surface area contributed by atoms with Crippen molar-refractivity contribution in [2.24, 2.45) is 0 Å². The zero-order valence-electron chi connectivity index (χ0n) is 6.57. The molecule has 0 aliphatic carbocycles. The zero-order chi connectivity index (χ0) is 9.30. The maximum Gasteiger partial charge on any atom is 0.276 e. The number of rotatable bonds is 1. The Morgan fingerprint density at radius 3 is 2.50 bits per heavy atom. The molecule has 1 aromatic carbocycles. The minimum atomic E-state index is -0.498. The SMILES string of the molecule is C[14c]1[14c](N)[14cH][14c](N)[14cH][14c]1[N+](=O)[O-]. The lowest BCUT2D eigenvalue weighted by Crippen LogP contribution is -1.98. The average molecular weight is 179 g/mol. The van der Waals surface area contributed by atoms with Crippen LogP contribution in [0.25, 0.3) is 0 Å². The summed E-state index contributed by atoms with van der Waals surface area (Å²) in [5.74, 6) is 0. The lowest BCUT2D eigenvalue weighted by Gasteiger charge is -2.02. The highest BCUT2D eigenvalue weighted by molar-refractivity contribution is 5.65. The van der Waals surface area contributed by atoms with E-state index in [1.165, 1.54) is 12.1 Å². The van der Waals surface area contributed by atoms with Gasteiger partial charge in [0.2, 0.25) is 0 Å². The first-order valence-electron chi connectivity index (χ1n) is 3.32. The van der Waals surface area contributed by atoms with Crippen LogP contribution in [0.4, 0.5) is 17.1 Å². The standard InChI is InChI=1S/C7H9N3O2/c1-4-6(9)2-5(8)3-7(4)10(11)12/h2-3H,8-9H2,1H3/i2+2,3+2,4+2,5+2,6+2,7+2. The van der Waals surface area contributed by atoms with E-state index >= 15 is 0 Å². The summed E-state index contributed by atoms with van der Waals surface area (Å²) in [6.07, 6.45) is 0. The molecular formula is C7H9N3O2. The van der Waals surface area contributed by atoms with E-state index in [1.807, 2.05) is 0 Å². The number of nitrogens with two attached hydrogens (primary N) is 2. The number of nitro groups is 1. The number of hydrogen-bond acceptors (Lipinski definition) is 4. The Morgan fingerprint density at radius 2 is 2.00 bits per heavy atom. The fraction of sp³-hybridized carbons (Fsp3) is 0.143. The van der Waals surface area contributed by atoms with Crippen molar-refractivity contribution in [1.82, 2.24) is 0 Å². The van der Waals surface area contributed by atoms with Gasteiger partial charge in [-0.15, -0.1) is 0 Å². The van der Waals surface area contributed by atoms with Crippen LogP contribution < -0.4 is 11.5 Å². The van der Waals surface area contributed by atoms with Gasteiger partial charge in [-0.2, -0.15) is 0 Å². The normalized spacial score (nSPS) is 9.75. The van der Waals surface area contributed by atoms with Gasteiger partial charge in [-0.05, 0) is 13.0 Å². The van der Waals surface area contributed by atoms with E-state index in [1.54, 1.807) is 6.92 Å². The van der Waals surface area contributed by atoms with Crippen LogP contribution in [0.5, 0.6) is 0 Å². The summed E-state index contributed by atoms with van der Waals surface area (Å²) in [5.41, 5.74) is 11.9.